The van der Waals surface area contributed by atoms with E-state index >= 15 is 0 Å². The number of rotatable bonds is 6. The molecule has 2 aromatic rings. The molecule has 10 heteroatoms. The lowest BCUT2D eigenvalue weighted by molar-refractivity contribution is -0.136. The minimum Gasteiger partial charge on any atom is -0.503 e. The average Bonchev–Trinajstić information content (AvgIpc) is 2.66. The predicted molar refractivity (Wildman–Crippen MR) is 112 cm³/mol. The summed E-state index contributed by atoms with van der Waals surface area (Å²) in [4.78, 5) is 34.8. The predicted octanol–water partition coefficient (Wildman–Crippen LogP) is 2.60. The van der Waals surface area contributed by atoms with Crippen molar-refractivity contribution >= 4 is 51.2 Å². The second kappa shape index (κ2) is 10.2. The molecule has 3 amide bonds. The van der Waals surface area contributed by atoms with E-state index in [1.165, 1.54) is 19.2 Å². The maximum Gasteiger partial charge on any atom is 0.329 e. The number of anilines is 2. The van der Waals surface area contributed by atoms with Crippen molar-refractivity contribution in [1.82, 2.24) is 5.43 Å². The molecule has 29 heavy (non-hydrogen) atoms. The van der Waals surface area contributed by atoms with Gasteiger partial charge in [0.25, 0.3) is 0 Å². The summed E-state index contributed by atoms with van der Waals surface area (Å²) in [6, 6.07) is 9.38. The summed E-state index contributed by atoms with van der Waals surface area (Å²) in [6.45, 7) is 3.53. The number of hydrogen-bond donors (Lipinski definition) is 4. The molecule has 0 atom stereocenters. The number of ether oxygens (including phenoxy) is 1. The summed E-state index contributed by atoms with van der Waals surface area (Å²) in [6.07, 6.45) is 1.31. The lowest BCUT2D eigenvalue weighted by Crippen LogP contribution is -2.32. The number of nitrogens with zero attached hydrogens (tertiary/aromatic N) is 1. The summed E-state index contributed by atoms with van der Waals surface area (Å²) in [5.74, 6) is -1.87. The van der Waals surface area contributed by atoms with Gasteiger partial charge in [-0.1, -0.05) is 0 Å². The molecule has 0 spiro atoms. The first-order chi connectivity index (χ1) is 13.8. The number of carbonyl (C=O) groups excluding carboxylic acids is 3. The third kappa shape index (κ3) is 6.61. The van der Waals surface area contributed by atoms with Crippen LogP contribution in [-0.2, 0) is 14.4 Å². The van der Waals surface area contributed by atoms with Gasteiger partial charge in [-0.3, -0.25) is 14.4 Å². The monoisotopic (exact) mass is 462 g/mol. The van der Waals surface area contributed by atoms with E-state index in [9.17, 15) is 19.5 Å². The number of amides is 3. The van der Waals surface area contributed by atoms with Crippen LogP contribution < -0.4 is 20.8 Å². The standard InChI is InChI=1S/C19H19BrN4O5/c1-3-29-16-9-12(8-15(20)17(16)26)10-21-24-19(28)18(27)23-14-6-4-13(5-7-14)22-11(2)25/h4-10,26H,3H2,1-2H3,(H,22,25)(H,23,27)(H,24,28)/b21-10+. The van der Waals surface area contributed by atoms with Gasteiger partial charge in [0, 0.05) is 18.3 Å². The molecule has 9 nitrogen and oxygen atoms in total. The molecule has 0 bridgehead atoms. The third-order valence-electron chi connectivity index (χ3n) is 3.40. The van der Waals surface area contributed by atoms with E-state index in [4.69, 9.17) is 4.74 Å². The Labute approximate surface area is 175 Å². The first-order valence-corrected chi connectivity index (χ1v) is 9.26. The molecule has 0 saturated carbocycles. The van der Waals surface area contributed by atoms with Gasteiger partial charge in [0.15, 0.2) is 11.5 Å². The molecular weight excluding hydrogens is 444 g/mol. The molecule has 0 radical (unpaired) electrons. The second-order valence-corrected chi connectivity index (χ2v) is 6.55. The lowest BCUT2D eigenvalue weighted by atomic mass is 10.2. The molecule has 0 aliphatic heterocycles. The van der Waals surface area contributed by atoms with Gasteiger partial charge in [-0.2, -0.15) is 5.10 Å². The maximum absolute atomic E-state index is 11.9. The Morgan fingerprint density at radius 2 is 1.72 bits per heavy atom. The zero-order valence-electron chi connectivity index (χ0n) is 15.7. The number of hydrazone groups is 1. The molecule has 4 N–H and O–H groups in total. The number of hydrogen-bond acceptors (Lipinski definition) is 6. The quantitative estimate of drug-likeness (QED) is 0.297. The number of nitrogens with one attached hydrogen (secondary N) is 3. The Morgan fingerprint density at radius 3 is 2.31 bits per heavy atom. The molecule has 0 aliphatic carbocycles. The topological polar surface area (TPSA) is 129 Å². The zero-order valence-corrected chi connectivity index (χ0v) is 17.2. The van der Waals surface area contributed by atoms with Gasteiger partial charge >= 0.3 is 11.8 Å². The van der Waals surface area contributed by atoms with E-state index in [2.05, 4.69) is 37.1 Å². The van der Waals surface area contributed by atoms with E-state index in [0.29, 0.717) is 28.0 Å². The highest BCUT2D eigenvalue weighted by atomic mass is 79.9. The Bertz CT molecular complexity index is 944. The largest absolute Gasteiger partial charge is 0.503 e. The van der Waals surface area contributed by atoms with Gasteiger partial charge in [0.1, 0.15) is 0 Å². The van der Waals surface area contributed by atoms with E-state index in [-0.39, 0.29) is 17.4 Å². The third-order valence-corrected chi connectivity index (χ3v) is 4.00. The summed E-state index contributed by atoms with van der Waals surface area (Å²) in [5.41, 5.74) is 3.60. The van der Waals surface area contributed by atoms with Gasteiger partial charge < -0.3 is 20.5 Å². The van der Waals surface area contributed by atoms with Crippen LogP contribution in [0.2, 0.25) is 0 Å². The van der Waals surface area contributed by atoms with Crippen LogP contribution in [0.15, 0.2) is 46.0 Å². The van der Waals surface area contributed by atoms with Crippen molar-refractivity contribution < 1.29 is 24.2 Å². The molecule has 2 aromatic carbocycles. The fourth-order valence-corrected chi connectivity index (χ4v) is 2.64. The summed E-state index contributed by atoms with van der Waals surface area (Å²) >= 11 is 3.20. The van der Waals surface area contributed by atoms with E-state index in [0.717, 1.165) is 0 Å². The van der Waals surface area contributed by atoms with Gasteiger partial charge in [-0.25, -0.2) is 5.43 Å². The summed E-state index contributed by atoms with van der Waals surface area (Å²) < 4.78 is 5.70. The summed E-state index contributed by atoms with van der Waals surface area (Å²) in [5, 5.41) is 18.6. The summed E-state index contributed by atoms with van der Waals surface area (Å²) in [7, 11) is 0. The van der Waals surface area contributed by atoms with Crippen molar-refractivity contribution in [2.45, 2.75) is 13.8 Å². The molecule has 0 fully saturated rings. The maximum atomic E-state index is 11.9. The van der Waals surface area contributed by atoms with Crippen molar-refractivity contribution in [1.29, 1.82) is 0 Å². The van der Waals surface area contributed by atoms with Gasteiger partial charge in [-0.15, -0.1) is 0 Å². The van der Waals surface area contributed by atoms with Crippen LogP contribution in [-0.4, -0.2) is 35.6 Å². The molecule has 0 saturated heterocycles. The van der Waals surface area contributed by atoms with Gasteiger partial charge in [0.05, 0.1) is 17.3 Å². The Kier molecular flexibility index (Phi) is 7.72. The van der Waals surface area contributed by atoms with Gasteiger partial charge in [0.2, 0.25) is 5.91 Å². The first kappa shape index (κ1) is 21.9. The van der Waals surface area contributed by atoms with E-state index in [1.807, 2.05) is 0 Å². The van der Waals surface area contributed by atoms with Crippen molar-refractivity contribution in [2.24, 2.45) is 5.10 Å². The van der Waals surface area contributed by atoms with Crippen molar-refractivity contribution in [3.05, 3.63) is 46.4 Å². The van der Waals surface area contributed by atoms with Crippen LogP contribution in [0.1, 0.15) is 19.4 Å². The number of benzene rings is 2. The van der Waals surface area contributed by atoms with Crippen LogP contribution in [0.4, 0.5) is 11.4 Å². The molecule has 0 aromatic heterocycles. The second-order valence-electron chi connectivity index (χ2n) is 5.69. The van der Waals surface area contributed by atoms with Crippen LogP contribution in [0.3, 0.4) is 0 Å². The Balaban J connectivity index is 1.94. The molecule has 2 rings (SSSR count). The molecular formula is C19H19BrN4O5. The average molecular weight is 463 g/mol. The molecule has 0 unspecified atom stereocenters. The number of aromatic hydroxyl groups is 1. The number of phenols is 1. The molecule has 0 aliphatic rings. The number of phenolic OH excluding ortho intramolecular Hbond substituents is 1. The van der Waals surface area contributed by atoms with Crippen LogP contribution >= 0.6 is 15.9 Å². The number of carbonyl (C=O) groups is 3. The van der Waals surface area contributed by atoms with E-state index in [1.54, 1.807) is 37.3 Å². The fraction of sp³-hybridized carbons (Fsp3) is 0.158. The SMILES string of the molecule is CCOc1cc(/C=N/NC(=O)C(=O)Nc2ccc(NC(C)=O)cc2)cc(Br)c1O. The van der Waals surface area contributed by atoms with Crippen molar-refractivity contribution in [2.75, 3.05) is 17.2 Å². The number of halogens is 1. The van der Waals surface area contributed by atoms with Crippen molar-refractivity contribution in [3.8, 4) is 11.5 Å². The Morgan fingerprint density at radius 1 is 1.10 bits per heavy atom. The zero-order chi connectivity index (χ0) is 21.4. The van der Waals surface area contributed by atoms with Crippen LogP contribution in [0, 0.1) is 0 Å². The van der Waals surface area contributed by atoms with Crippen molar-refractivity contribution in [3.63, 3.8) is 0 Å². The highest BCUT2D eigenvalue weighted by Crippen LogP contribution is 2.35. The van der Waals surface area contributed by atoms with Crippen LogP contribution in [0.5, 0.6) is 11.5 Å². The smallest absolute Gasteiger partial charge is 0.329 e. The molecule has 0 heterocycles. The minimum absolute atomic E-state index is 0.0445. The fourth-order valence-electron chi connectivity index (χ4n) is 2.18. The lowest BCUT2D eigenvalue weighted by Gasteiger charge is -2.08. The highest BCUT2D eigenvalue weighted by molar-refractivity contribution is 9.10. The van der Waals surface area contributed by atoms with Crippen LogP contribution in [0.25, 0.3) is 0 Å². The highest BCUT2D eigenvalue weighted by Gasteiger charge is 2.13. The van der Waals surface area contributed by atoms with Gasteiger partial charge in [-0.05, 0) is 64.8 Å². The molecule has 152 valence electrons. The normalized spacial score (nSPS) is 10.4. The minimum atomic E-state index is -0.963. The Hall–Kier alpha value is -3.40. The first-order valence-electron chi connectivity index (χ1n) is 8.47. The van der Waals surface area contributed by atoms with E-state index < -0.39 is 11.8 Å².